The highest BCUT2D eigenvalue weighted by atomic mass is 28.4. The Bertz CT molecular complexity index is 1110. The van der Waals surface area contributed by atoms with Gasteiger partial charge < -0.3 is 13.9 Å². The van der Waals surface area contributed by atoms with Crippen molar-refractivity contribution in [2.45, 2.75) is 84.9 Å². The molecule has 3 rings (SSSR count). The van der Waals surface area contributed by atoms with E-state index >= 15 is 0 Å². The van der Waals surface area contributed by atoms with Crippen molar-refractivity contribution in [2.75, 3.05) is 13.9 Å². The van der Waals surface area contributed by atoms with E-state index in [-0.39, 0.29) is 6.79 Å². The average Bonchev–Trinajstić information content (AvgIpc) is 2.84. The third-order valence-corrected chi connectivity index (χ3v) is 13.8. The van der Waals surface area contributed by atoms with Crippen LogP contribution in [-0.4, -0.2) is 22.2 Å². The molecule has 0 bridgehead atoms. The van der Waals surface area contributed by atoms with Crippen LogP contribution < -0.4 is 9.16 Å². The van der Waals surface area contributed by atoms with E-state index in [1.807, 2.05) is 0 Å². The zero-order valence-electron chi connectivity index (χ0n) is 24.4. The van der Waals surface area contributed by atoms with Crippen molar-refractivity contribution in [1.82, 2.24) is 0 Å². The first kappa shape index (κ1) is 29.0. The largest absolute Gasteiger partial charge is 0.543 e. The van der Waals surface area contributed by atoms with E-state index < -0.39 is 8.32 Å². The number of ether oxygens (including phenoxy) is 2. The standard InChI is InChI=1S/C33H46O3Si/c1-23(2)37(24(3)4,25(5)6)36-31-17-26(7)32(27(8)18-31)21-29-15-16-33(35-22-34-9)30(20-29)19-28-13-11-10-12-14-28/h10-18,20,23-25H,19,21-22H2,1-9H3. The van der Waals surface area contributed by atoms with Crippen molar-refractivity contribution in [3.8, 4) is 11.5 Å². The Labute approximate surface area is 226 Å². The highest BCUT2D eigenvalue weighted by Gasteiger charge is 2.47. The van der Waals surface area contributed by atoms with Crippen molar-refractivity contribution in [2.24, 2.45) is 0 Å². The minimum atomic E-state index is -1.99. The predicted molar refractivity (Wildman–Crippen MR) is 159 cm³/mol. The third kappa shape index (κ3) is 6.85. The van der Waals surface area contributed by atoms with E-state index in [9.17, 15) is 0 Å². The van der Waals surface area contributed by atoms with Gasteiger partial charge in [0.05, 0.1) is 0 Å². The predicted octanol–water partition coefficient (Wildman–Crippen LogP) is 9.02. The topological polar surface area (TPSA) is 27.7 Å². The molecule has 4 heteroatoms. The first-order valence-electron chi connectivity index (χ1n) is 13.6. The number of aryl methyl sites for hydroxylation is 2. The maximum Gasteiger partial charge on any atom is 0.258 e. The fourth-order valence-corrected chi connectivity index (χ4v) is 11.2. The van der Waals surface area contributed by atoms with Crippen LogP contribution in [0.2, 0.25) is 16.6 Å². The minimum absolute atomic E-state index is 0.245. The van der Waals surface area contributed by atoms with Gasteiger partial charge in [0.1, 0.15) is 11.5 Å². The van der Waals surface area contributed by atoms with Gasteiger partial charge in [0, 0.05) is 13.5 Å². The van der Waals surface area contributed by atoms with E-state index in [0.717, 1.165) is 24.3 Å². The summed E-state index contributed by atoms with van der Waals surface area (Å²) in [4.78, 5) is 0. The van der Waals surface area contributed by atoms with Crippen molar-refractivity contribution in [3.05, 3.63) is 94.0 Å². The molecule has 3 nitrogen and oxygen atoms in total. The molecule has 0 aliphatic rings. The van der Waals surface area contributed by atoms with E-state index in [1.54, 1.807) is 7.11 Å². The second-order valence-corrected chi connectivity index (χ2v) is 16.7. The van der Waals surface area contributed by atoms with Gasteiger partial charge in [-0.1, -0.05) is 84.0 Å². The Balaban J connectivity index is 1.91. The van der Waals surface area contributed by atoms with E-state index in [2.05, 4.69) is 116 Å². The van der Waals surface area contributed by atoms with Gasteiger partial charge in [-0.3, -0.25) is 0 Å². The van der Waals surface area contributed by atoms with Gasteiger partial charge in [0.25, 0.3) is 8.32 Å². The molecule has 0 radical (unpaired) electrons. The molecule has 0 heterocycles. The van der Waals surface area contributed by atoms with Gasteiger partial charge in [-0.2, -0.15) is 0 Å². The summed E-state index contributed by atoms with van der Waals surface area (Å²) >= 11 is 0. The zero-order valence-corrected chi connectivity index (χ0v) is 25.4. The van der Waals surface area contributed by atoms with Crippen LogP contribution in [0.15, 0.2) is 60.7 Å². The smallest absolute Gasteiger partial charge is 0.258 e. The number of hydrogen-bond acceptors (Lipinski definition) is 3. The van der Waals surface area contributed by atoms with Gasteiger partial charge in [0.15, 0.2) is 6.79 Å². The summed E-state index contributed by atoms with van der Waals surface area (Å²) in [5, 5.41) is 0. The molecule has 37 heavy (non-hydrogen) atoms. The van der Waals surface area contributed by atoms with Crippen LogP contribution in [0.25, 0.3) is 0 Å². The maximum absolute atomic E-state index is 7.00. The molecule has 0 atom stereocenters. The van der Waals surface area contributed by atoms with Crippen molar-refractivity contribution in [1.29, 1.82) is 0 Å². The Morgan fingerprint density at radius 3 is 1.84 bits per heavy atom. The lowest BCUT2D eigenvalue weighted by atomic mass is 9.93. The average molecular weight is 519 g/mol. The molecule has 0 unspecified atom stereocenters. The molecule has 0 aliphatic heterocycles. The second-order valence-electron chi connectivity index (χ2n) is 11.3. The Kier molecular flexibility index (Phi) is 10.0. The number of hydrogen-bond donors (Lipinski definition) is 0. The molecule has 0 N–H and O–H groups in total. The van der Waals surface area contributed by atoms with Gasteiger partial charge >= 0.3 is 0 Å². The molecule has 0 aliphatic carbocycles. The molecule has 0 saturated heterocycles. The van der Waals surface area contributed by atoms with Crippen molar-refractivity contribution >= 4 is 8.32 Å². The summed E-state index contributed by atoms with van der Waals surface area (Å²) < 4.78 is 18.1. The molecule has 0 saturated carbocycles. The van der Waals surface area contributed by atoms with Crippen LogP contribution in [0.3, 0.4) is 0 Å². The molecule has 3 aromatic carbocycles. The summed E-state index contributed by atoms with van der Waals surface area (Å²) in [5.41, 5.74) is 9.33. The van der Waals surface area contributed by atoms with Gasteiger partial charge in [-0.15, -0.1) is 0 Å². The monoisotopic (exact) mass is 518 g/mol. The highest BCUT2D eigenvalue weighted by molar-refractivity contribution is 6.78. The van der Waals surface area contributed by atoms with E-state index in [1.165, 1.54) is 33.4 Å². The molecule has 3 aromatic rings. The molecule has 0 spiro atoms. The zero-order chi connectivity index (χ0) is 27.2. The van der Waals surface area contributed by atoms with Crippen LogP contribution in [-0.2, 0) is 17.6 Å². The summed E-state index contributed by atoms with van der Waals surface area (Å²) in [6, 6.07) is 21.6. The third-order valence-electron chi connectivity index (χ3n) is 7.75. The summed E-state index contributed by atoms with van der Waals surface area (Å²) in [7, 11) is -0.339. The van der Waals surface area contributed by atoms with Gasteiger partial charge in [0.2, 0.25) is 0 Å². The minimum Gasteiger partial charge on any atom is -0.543 e. The Morgan fingerprint density at radius 1 is 0.703 bits per heavy atom. The quantitative estimate of drug-likeness (QED) is 0.177. The molecule has 0 aromatic heterocycles. The summed E-state index contributed by atoms with van der Waals surface area (Å²) in [6.45, 7) is 18.7. The first-order chi connectivity index (χ1) is 17.6. The Hall–Kier alpha value is -2.56. The molecular weight excluding hydrogens is 472 g/mol. The van der Waals surface area contributed by atoms with Crippen molar-refractivity contribution < 1.29 is 13.9 Å². The number of rotatable bonds is 12. The van der Waals surface area contributed by atoms with Crippen LogP contribution in [0.5, 0.6) is 11.5 Å². The van der Waals surface area contributed by atoms with Crippen LogP contribution in [0.4, 0.5) is 0 Å². The second kappa shape index (κ2) is 12.8. The van der Waals surface area contributed by atoms with Crippen molar-refractivity contribution in [3.63, 3.8) is 0 Å². The van der Waals surface area contributed by atoms with E-state index in [0.29, 0.717) is 16.6 Å². The number of methoxy groups -OCH3 is 1. The lowest BCUT2D eigenvalue weighted by molar-refractivity contribution is 0.0505. The molecular formula is C33H46O3Si. The highest BCUT2D eigenvalue weighted by Crippen LogP contribution is 2.43. The first-order valence-corrected chi connectivity index (χ1v) is 15.8. The van der Waals surface area contributed by atoms with Crippen LogP contribution >= 0.6 is 0 Å². The molecule has 0 fully saturated rings. The lowest BCUT2D eigenvalue weighted by Crippen LogP contribution is -2.50. The van der Waals surface area contributed by atoms with Gasteiger partial charge in [-0.05, 0) is 88.5 Å². The normalized spacial score (nSPS) is 12.0. The van der Waals surface area contributed by atoms with Crippen LogP contribution in [0.1, 0.15) is 74.9 Å². The number of benzene rings is 3. The molecule has 0 amide bonds. The summed E-state index contributed by atoms with van der Waals surface area (Å²) in [6.07, 6.45) is 1.70. The van der Waals surface area contributed by atoms with Gasteiger partial charge in [-0.25, -0.2) is 0 Å². The fourth-order valence-electron chi connectivity index (χ4n) is 6.01. The van der Waals surface area contributed by atoms with Crippen LogP contribution in [0, 0.1) is 13.8 Å². The maximum atomic E-state index is 7.00. The Morgan fingerprint density at radius 2 is 1.30 bits per heavy atom. The fraction of sp³-hybridized carbons (Fsp3) is 0.455. The van der Waals surface area contributed by atoms with E-state index in [4.69, 9.17) is 13.9 Å². The summed E-state index contributed by atoms with van der Waals surface area (Å²) in [5.74, 6) is 1.92. The lowest BCUT2D eigenvalue weighted by Gasteiger charge is -2.42. The molecule has 200 valence electrons. The SMILES string of the molecule is COCOc1ccc(Cc2c(C)cc(O[Si](C(C)C)(C(C)C)C(C)C)cc2C)cc1Cc1ccccc1.